The molecule has 1 heterocycles. The fraction of sp³-hybridized carbons (Fsp3) is 0.231. The maximum absolute atomic E-state index is 5.80. The Morgan fingerprint density at radius 3 is 2.76 bits per heavy atom. The third-order valence-corrected chi connectivity index (χ3v) is 2.73. The van der Waals surface area contributed by atoms with Crippen molar-refractivity contribution in [1.82, 2.24) is 9.97 Å². The second kappa shape index (κ2) is 5.64. The molecule has 0 aliphatic heterocycles. The van der Waals surface area contributed by atoms with Crippen molar-refractivity contribution in [1.29, 1.82) is 0 Å². The highest BCUT2D eigenvalue weighted by molar-refractivity contribution is 6.17. The minimum atomic E-state index is 0.542. The van der Waals surface area contributed by atoms with Crippen molar-refractivity contribution in [2.24, 2.45) is 0 Å². The zero-order valence-corrected chi connectivity index (χ0v) is 10.4. The number of alkyl halides is 1. The van der Waals surface area contributed by atoms with Crippen LogP contribution in [0.15, 0.2) is 36.7 Å². The van der Waals surface area contributed by atoms with Crippen LogP contribution in [0.1, 0.15) is 16.8 Å². The Hall–Kier alpha value is -1.61. The molecule has 0 bridgehead atoms. The summed E-state index contributed by atoms with van der Waals surface area (Å²) in [5, 5.41) is 3.26. The molecule has 2 aromatic rings. The third-order valence-electron chi connectivity index (χ3n) is 2.42. The van der Waals surface area contributed by atoms with Gasteiger partial charge in [0.05, 0.1) is 0 Å². The molecule has 1 aromatic heterocycles. The maximum atomic E-state index is 5.80. The van der Waals surface area contributed by atoms with Gasteiger partial charge in [-0.25, -0.2) is 9.97 Å². The minimum absolute atomic E-state index is 0.542. The quantitative estimate of drug-likeness (QED) is 0.844. The highest BCUT2D eigenvalue weighted by Gasteiger charge is 1.97. The highest BCUT2D eigenvalue weighted by Crippen LogP contribution is 2.10. The van der Waals surface area contributed by atoms with Crippen molar-refractivity contribution in [3.63, 3.8) is 0 Å². The average molecular weight is 248 g/mol. The first kappa shape index (κ1) is 11.9. The van der Waals surface area contributed by atoms with Crippen molar-refractivity contribution >= 4 is 17.4 Å². The van der Waals surface area contributed by atoms with Gasteiger partial charge in [-0.05, 0) is 18.1 Å². The van der Waals surface area contributed by atoms with E-state index in [2.05, 4.69) is 27.4 Å². The normalized spacial score (nSPS) is 10.2. The van der Waals surface area contributed by atoms with Gasteiger partial charge < -0.3 is 5.32 Å². The largest absolute Gasteiger partial charge is 0.366 e. The molecule has 1 aromatic carbocycles. The Morgan fingerprint density at radius 1 is 1.18 bits per heavy atom. The minimum Gasteiger partial charge on any atom is -0.366 e. The molecule has 0 amide bonds. The van der Waals surface area contributed by atoms with Crippen molar-refractivity contribution in [3.8, 4) is 0 Å². The molecule has 0 radical (unpaired) electrons. The smallest absolute Gasteiger partial charge is 0.129 e. The van der Waals surface area contributed by atoms with E-state index in [-0.39, 0.29) is 0 Å². The fourth-order valence-electron chi connectivity index (χ4n) is 1.57. The van der Waals surface area contributed by atoms with Gasteiger partial charge in [-0.3, -0.25) is 0 Å². The zero-order valence-electron chi connectivity index (χ0n) is 9.65. The van der Waals surface area contributed by atoms with E-state index < -0.39 is 0 Å². The molecular formula is C13H14ClN3. The van der Waals surface area contributed by atoms with Crippen LogP contribution in [-0.2, 0) is 12.4 Å². The van der Waals surface area contributed by atoms with E-state index in [9.17, 15) is 0 Å². The molecule has 0 aliphatic rings. The lowest BCUT2D eigenvalue weighted by Crippen LogP contribution is -2.02. The second-order valence-corrected chi connectivity index (χ2v) is 4.12. The number of aromatic nitrogens is 2. The topological polar surface area (TPSA) is 37.8 Å². The van der Waals surface area contributed by atoms with Crippen LogP contribution in [0, 0.1) is 6.92 Å². The number of aryl methyl sites for hydroxylation is 1. The Balaban J connectivity index is 2.02. The molecule has 0 unspecified atom stereocenters. The molecule has 2 rings (SSSR count). The first-order chi connectivity index (χ1) is 8.28. The fourth-order valence-corrected chi connectivity index (χ4v) is 1.73. The summed E-state index contributed by atoms with van der Waals surface area (Å²) in [5.41, 5.74) is 3.28. The molecule has 0 saturated carbocycles. The summed E-state index contributed by atoms with van der Waals surface area (Å²) >= 11 is 5.80. The zero-order chi connectivity index (χ0) is 12.1. The summed E-state index contributed by atoms with van der Waals surface area (Å²) in [6.07, 6.45) is 1.56. The highest BCUT2D eigenvalue weighted by atomic mass is 35.5. The third kappa shape index (κ3) is 3.43. The van der Waals surface area contributed by atoms with Crippen LogP contribution in [0.4, 0.5) is 5.82 Å². The number of benzene rings is 1. The number of rotatable bonds is 4. The molecule has 4 heteroatoms. The van der Waals surface area contributed by atoms with E-state index >= 15 is 0 Å². The monoisotopic (exact) mass is 247 g/mol. The number of hydrogen-bond acceptors (Lipinski definition) is 3. The van der Waals surface area contributed by atoms with Crippen molar-refractivity contribution in [2.45, 2.75) is 19.3 Å². The van der Waals surface area contributed by atoms with Crippen LogP contribution >= 0.6 is 11.6 Å². The summed E-state index contributed by atoms with van der Waals surface area (Å²) < 4.78 is 0. The van der Waals surface area contributed by atoms with Crippen LogP contribution in [0.2, 0.25) is 0 Å². The molecule has 0 atom stereocenters. The van der Waals surface area contributed by atoms with Crippen molar-refractivity contribution in [3.05, 3.63) is 53.5 Å². The molecule has 0 aliphatic carbocycles. The Bertz CT molecular complexity index is 500. The lowest BCUT2D eigenvalue weighted by molar-refractivity contribution is 1.05. The summed E-state index contributed by atoms with van der Waals surface area (Å²) in [6.45, 7) is 2.68. The standard InChI is InChI=1S/C13H14ClN3/c1-10-5-13(17-9-16-10)15-8-12-4-2-3-11(6-12)7-14/h2-6,9H,7-8H2,1H3,(H,15,16,17). The van der Waals surface area contributed by atoms with E-state index in [0.29, 0.717) is 5.88 Å². The van der Waals surface area contributed by atoms with Gasteiger partial charge in [-0.2, -0.15) is 0 Å². The van der Waals surface area contributed by atoms with Gasteiger partial charge in [0.25, 0.3) is 0 Å². The van der Waals surface area contributed by atoms with E-state index in [1.54, 1.807) is 6.33 Å². The van der Waals surface area contributed by atoms with Gasteiger partial charge in [0.15, 0.2) is 0 Å². The summed E-state index contributed by atoms with van der Waals surface area (Å²) in [5.74, 6) is 1.38. The Labute approximate surface area is 106 Å². The van der Waals surface area contributed by atoms with Crippen LogP contribution in [0.5, 0.6) is 0 Å². The first-order valence-electron chi connectivity index (χ1n) is 5.44. The van der Waals surface area contributed by atoms with Gasteiger partial charge in [-0.1, -0.05) is 24.3 Å². The predicted molar refractivity (Wildman–Crippen MR) is 70.1 cm³/mol. The lowest BCUT2D eigenvalue weighted by Gasteiger charge is -2.06. The van der Waals surface area contributed by atoms with Crippen molar-refractivity contribution < 1.29 is 0 Å². The Morgan fingerprint density at radius 2 is 2.00 bits per heavy atom. The molecule has 3 nitrogen and oxygen atoms in total. The van der Waals surface area contributed by atoms with Crippen LogP contribution < -0.4 is 5.32 Å². The maximum Gasteiger partial charge on any atom is 0.129 e. The number of nitrogens with zero attached hydrogens (tertiary/aromatic N) is 2. The summed E-state index contributed by atoms with van der Waals surface area (Å²) in [6, 6.07) is 10.1. The number of anilines is 1. The van der Waals surface area contributed by atoms with E-state index in [4.69, 9.17) is 11.6 Å². The van der Waals surface area contributed by atoms with Gasteiger partial charge in [-0.15, -0.1) is 11.6 Å². The molecular weight excluding hydrogens is 234 g/mol. The van der Waals surface area contributed by atoms with E-state index in [1.807, 2.05) is 25.1 Å². The number of nitrogens with one attached hydrogen (secondary N) is 1. The molecule has 1 N–H and O–H groups in total. The number of halogens is 1. The predicted octanol–water partition coefficient (Wildman–Crippen LogP) is 3.14. The molecule has 17 heavy (non-hydrogen) atoms. The van der Waals surface area contributed by atoms with Crippen molar-refractivity contribution in [2.75, 3.05) is 5.32 Å². The van der Waals surface area contributed by atoms with E-state index in [0.717, 1.165) is 23.6 Å². The van der Waals surface area contributed by atoms with Gasteiger partial charge in [0.2, 0.25) is 0 Å². The van der Waals surface area contributed by atoms with Gasteiger partial charge in [0, 0.05) is 24.2 Å². The number of hydrogen-bond donors (Lipinski definition) is 1. The van der Waals surface area contributed by atoms with Gasteiger partial charge >= 0.3 is 0 Å². The van der Waals surface area contributed by atoms with Crippen LogP contribution in [0.3, 0.4) is 0 Å². The van der Waals surface area contributed by atoms with Crippen LogP contribution in [0.25, 0.3) is 0 Å². The SMILES string of the molecule is Cc1cc(NCc2cccc(CCl)c2)ncn1. The molecule has 88 valence electrons. The van der Waals surface area contributed by atoms with Crippen LogP contribution in [-0.4, -0.2) is 9.97 Å². The lowest BCUT2D eigenvalue weighted by atomic mass is 10.1. The van der Waals surface area contributed by atoms with Gasteiger partial charge in [0.1, 0.15) is 12.1 Å². The first-order valence-corrected chi connectivity index (χ1v) is 5.97. The molecule has 0 saturated heterocycles. The Kier molecular flexibility index (Phi) is 3.94. The molecule has 0 fully saturated rings. The summed E-state index contributed by atoms with van der Waals surface area (Å²) in [4.78, 5) is 8.20. The second-order valence-electron chi connectivity index (χ2n) is 3.85. The average Bonchev–Trinajstić information content (AvgIpc) is 2.37. The van der Waals surface area contributed by atoms with E-state index in [1.165, 1.54) is 5.56 Å². The summed E-state index contributed by atoms with van der Waals surface area (Å²) in [7, 11) is 0. The molecule has 0 spiro atoms.